The second kappa shape index (κ2) is 6.80. The highest BCUT2D eigenvalue weighted by molar-refractivity contribution is 6.20. The monoisotopic (exact) mass is 240 g/mol. The summed E-state index contributed by atoms with van der Waals surface area (Å²) in [7, 11) is 1.68. The molecule has 0 fully saturated rings. The Morgan fingerprint density at radius 3 is 2.38 bits per heavy atom. The van der Waals surface area contributed by atoms with Gasteiger partial charge in [-0.3, -0.25) is 0 Å². The highest BCUT2D eigenvalue weighted by atomic mass is 35.5. The fourth-order valence-corrected chi connectivity index (χ4v) is 2.19. The standard InChI is InChI=1S/C14H21ClO/c1-4-11(2)9-13(15)10-12-5-7-14(16-3)8-6-12/h5-8,11,13H,4,9-10H2,1-3H3. The van der Waals surface area contributed by atoms with E-state index < -0.39 is 0 Å². The molecule has 0 radical (unpaired) electrons. The molecule has 2 unspecified atom stereocenters. The molecule has 1 aromatic rings. The van der Waals surface area contributed by atoms with E-state index in [1.807, 2.05) is 12.1 Å². The van der Waals surface area contributed by atoms with E-state index in [2.05, 4.69) is 26.0 Å². The van der Waals surface area contributed by atoms with Crippen molar-refractivity contribution in [2.24, 2.45) is 5.92 Å². The molecule has 1 nitrogen and oxygen atoms in total. The smallest absolute Gasteiger partial charge is 0.118 e. The zero-order valence-corrected chi connectivity index (χ0v) is 11.1. The van der Waals surface area contributed by atoms with Gasteiger partial charge in [-0.25, -0.2) is 0 Å². The third-order valence-electron chi connectivity index (χ3n) is 2.97. The molecule has 0 spiro atoms. The maximum Gasteiger partial charge on any atom is 0.118 e. The van der Waals surface area contributed by atoms with Gasteiger partial charge in [0.1, 0.15) is 5.75 Å². The van der Waals surface area contributed by atoms with Crippen LogP contribution in [0.25, 0.3) is 0 Å². The average molecular weight is 241 g/mol. The molecule has 2 atom stereocenters. The number of rotatable bonds is 6. The normalized spacial score (nSPS) is 14.5. The number of halogens is 1. The Balaban J connectivity index is 2.46. The first-order chi connectivity index (χ1) is 7.65. The Labute approximate surface area is 104 Å². The van der Waals surface area contributed by atoms with Crippen LogP contribution >= 0.6 is 11.6 Å². The van der Waals surface area contributed by atoms with Crippen LogP contribution in [0.5, 0.6) is 5.75 Å². The number of ether oxygens (including phenoxy) is 1. The predicted octanol–water partition coefficient (Wildman–Crippen LogP) is 4.28. The molecule has 16 heavy (non-hydrogen) atoms. The van der Waals surface area contributed by atoms with Crippen LogP contribution in [0.3, 0.4) is 0 Å². The summed E-state index contributed by atoms with van der Waals surface area (Å²) in [4.78, 5) is 0. The second-order valence-corrected chi connectivity index (χ2v) is 5.02. The first kappa shape index (κ1) is 13.4. The highest BCUT2D eigenvalue weighted by Gasteiger charge is 2.10. The summed E-state index contributed by atoms with van der Waals surface area (Å²) in [6.45, 7) is 4.46. The molecule has 90 valence electrons. The predicted molar refractivity (Wildman–Crippen MR) is 70.4 cm³/mol. The summed E-state index contributed by atoms with van der Waals surface area (Å²) >= 11 is 6.33. The van der Waals surface area contributed by atoms with E-state index >= 15 is 0 Å². The van der Waals surface area contributed by atoms with Crippen molar-refractivity contribution in [3.63, 3.8) is 0 Å². The van der Waals surface area contributed by atoms with E-state index in [1.165, 1.54) is 12.0 Å². The lowest BCUT2D eigenvalue weighted by Crippen LogP contribution is -2.08. The first-order valence-corrected chi connectivity index (χ1v) is 6.36. The van der Waals surface area contributed by atoms with Crippen molar-refractivity contribution < 1.29 is 4.74 Å². The van der Waals surface area contributed by atoms with Crippen LogP contribution in [0.4, 0.5) is 0 Å². The van der Waals surface area contributed by atoms with E-state index in [0.717, 1.165) is 18.6 Å². The van der Waals surface area contributed by atoms with Gasteiger partial charge in [-0.2, -0.15) is 0 Å². The van der Waals surface area contributed by atoms with Gasteiger partial charge < -0.3 is 4.74 Å². The number of alkyl halides is 1. The molecule has 0 aliphatic heterocycles. The highest BCUT2D eigenvalue weighted by Crippen LogP contribution is 2.20. The van der Waals surface area contributed by atoms with Crippen molar-refractivity contribution in [3.8, 4) is 5.75 Å². The van der Waals surface area contributed by atoms with Crippen LogP contribution in [0.2, 0.25) is 0 Å². The zero-order valence-electron chi connectivity index (χ0n) is 10.4. The fraction of sp³-hybridized carbons (Fsp3) is 0.571. The lowest BCUT2D eigenvalue weighted by Gasteiger charge is -2.14. The summed E-state index contributed by atoms with van der Waals surface area (Å²) in [6, 6.07) is 8.15. The molecule has 0 amide bonds. The maximum atomic E-state index is 6.33. The molecule has 0 bridgehead atoms. The van der Waals surface area contributed by atoms with Crippen LogP contribution < -0.4 is 4.74 Å². The quantitative estimate of drug-likeness (QED) is 0.675. The summed E-state index contributed by atoms with van der Waals surface area (Å²) < 4.78 is 5.12. The van der Waals surface area contributed by atoms with Crippen molar-refractivity contribution >= 4 is 11.6 Å². The van der Waals surface area contributed by atoms with Gasteiger partial charge in [0.2, 0.25) is 0 Å². The van der Waals surface area contributed by atoms with E-state index in [0.29, 0.717) is 5.92 Å². The van der Waals surface area contributed by atoms with Crippen LogP contribution in [0, 0.1) is 5.92 Å². The average Bonchev–Trinajstić information content (AvgIpc) is 2.29. The minimum absolute atomic E-state index is 0.239. The summed E-state index contributed by atoms with van der Waals surface area (Å²) in [5, 5.41) is 0.239. The topological polar surface area (TPSA) is 9.23 Å². The van der Waals surface area contributed by atoms with Crippen molar-refractivity contribution in [2.75, 3.05) is 7.11 Å². The fourth-order valence-electron chi connectivity index (χ4n) is 1.70. The van der Waals surface area contributed by atoms with Gasteiger partial charge in [0.15, 0.2) is 0 Å². The Morgan fingerprint density at radius 1 is 1.25 bits per heavy atom. The number of methoxy groups -OCH3 is 1. The third kappa shape index (κ3) is 4.44. The SMILES string of the molecule is CCC(C)CC(Cl)Cc1ccc(OC)cc1. The minimum atomic E-state index is 0.239. The molecule has 0 saturated heterocycles. The molecule has 0 heterocycles. The molecule has 1 aromatic carbocycles. The van der Waals surface area contributed by atoms with Gasteiger partial charge >= 0.3 is 0 Å². The summed E-state index contributed by atoms with van der Waals surface area (Å²) in [6.07, 6.45) is 3.23. The van der Waals surface area contributed by atoms with E-state index in [9.17, 15) is 0 Å². The van der Waals surface area contributed by atoms with Crippen molar-refractivity contribution in [1.29, 1.82) is 0 Å². The first-order valence-electron chi connectivity index (χ1n) is 5.92. The zero-order chi connectivity index (χ0) is 12.0. The lowest BCUT2D eigenvalue weighted by molar-refractivity contribution is 0.414. The molecule has 0 saturated carbocycles. The van der Waals surface area contributed by atoms with Crippen LogP contribution in [0.1, 0.15) is 32.3 Å². The summed E-state index contributed by atoms with van der Waals surface area (Å²) in [5.41, 5.74) is 1.28. The molecule has 1 rings (SSSR count). The summed E-state index contributed by atoms with van der Waals surface area (Å²) in [5.74, 6) is 1.61. The van der Waals surface area contributed by atoms with Crippen LogP contribution in [0.15, 0.2) is 24.3 Å². The van der Waals surface area contributed by atoms with Gasteiger partial charge in [0.05, 0.1) is 7.11 Å². The van der Waals surface area contributed by atoms with E-state index in [4.69, 9.17) is 16.3 Å². The van der Waals surface area contributed by atoms with Crippen LogP contribution in [-0.2, 0) is 6.42 Å². The van der Waals surface area contributed by atoms with Gasteiger partial charge in [0.25, 0.3) is 0 Å². The lowest BCUT2D eigenvalue weighted by atomic mass is 9.99. The number of benzene rings is 1. The Bertz CT molecular complexity index is 294. The van der Waals surface area contributed by atoms with Gasteiger partial charge in [-0.15, -0.1) is 11.6 Å². The van der Waals surface area contributed by atoms with Gasteiger partial charge in [-0.1, -0.05) is 32.4 Å². The molecule has 0 aliphatic carbocycles. The van der Waals surface area contributed by atoms with Crippen molar-refractivity contribution in [3.05, 3.63) is 29.8 Å². The molecule has 0 N–H and O–H groups in total. The minimum Gasteiger partial charge on any atom is -0.497 e. The largest absolute Gasteiger partial charge is 0.497 e. The van der Waals surface area contributed by atoms with Crippen LogP contribution in [-0.4, -0.2) is 12.5 Å². The second-order valence-electron chi connectivity index (χ2n) is 4.40. The maximum absolute atomic E-state index is 6.33. The van der Waals surface area contributed by atoms with Gasteiger partial charge in [-0.05, 0) is 36.5 Å². The van der Waals surface area contributed by atoms with E-state index in [1.54, 1.807) is 7.11 Å². The van der Waals surface area contributed by atoms with Crippen molar-refractivity contribution in [2.45, 2.75) is 38.5 Å². The Kier molecular flexibility index (Phi) is 5.68. The molecule has 2 heteroatoms. The molecule has 0 aliphatic rings. The third-order valence-corrected chi connectivity index (χ3v) is 3.30. The Hall–Kier alpha value is -0.690. The number of hydrogen-bond acceptors (Lipinski definition) is 1. The molecular formula is C14H21ClO. The van der Waals surface area contributed by atoms with E-state index in [-0.39, 0.29) is 5.38 Å². The molecule has 0 aromatic heterocycles. The Morgan fingerprint density at radius 2 is 1.88 bits per heavy atom. The van der Waals surface area contributed by atoms with Crippen molar-refractivity contribution in [1.82, 2.24) is 0 Å². The number of hydrogen-bond donors (Lipinski definition) is 0. The van der Waals surface area contributed by atoms with Gasteiger partial charge in [0, 0.05) is 5.38 Å². The molecular weight excluding hydrogens is 220 g/mol.